The van der Waals surface area contributed by atoms with Crippen molar-refractivity contribution in [2.45, 2.75) is 45.2 Å². The summed E-state index contributed by atoms with van der Waals surface area (Å²) in [6.45, 7) is 4.96. The number of anilines is 2. The lowest BCUT2D eigenvalue weighted by Crippen LogP contribution is -2.57. The molecule has 162 valence electrons. The minimum absolute atomic E-state index is 0.0000576. The first-order valence-corrected chi connectivity index (χ1v) is 11.9. The lowest BCUT2D eigenvalue weighted by Gasteiger charge is -2.45. The summed E-state index contributed by atoms with van der Waals surface area (Å²) >= 11 is 3.01. The third kappa shape index (κ3) is 3.95. The van der Waals surface area contributed by atoms with Crippen LogP contribution >= 0.6 is 22.7 Å². The highest BCUT2D eigenvalue weighted by Crippen LogP contribution is 2.33. The molecule has 0 aromatic carbocycles. The number of fused-ring (bicyclic) bond motifs is 2. The molecule has 1 N–H and O–H groups in total. The second kappa shape index (κ2) is 8.25. The van der Waals surface area contributed by atoms with Crippen molar-refractivity contribution in [2.75, 3.05) is 18.5 Å². The number of carbonyl (C=O) groups is 1. The maximum absolute atomic E-state index is 14.8. The number of thiazole rings is 2. The summed E-state index contributed by atoms with van der Waals surface area (Å²) in [7, 11) is 0. The number of ether oxygens (including phenoxy) is 1. The van der Waals surface area contributed by atoms with E-state index in [1.54, 1.807) is 22.3 Å². The third-order valence-electron chi connectivity index (χ3n) is 5.67. The lowest BCUT2D eigenvalue weighted by molar-refractivity contribution is -0.0567. The van der Waals surface area contributed by atoms with Crippen molar-refractivity contribution >= 4 is 39.5 Å². The van der Waals surface area contributed by atoms with Crippen LogP contribution in [0.2, 0.25) is 0 Å². The molecule has 2 bridgehead atoms. The van der Waals surface area contributed by atoms with E-state index in [1.807, 2.05) is 19.2 Å². The third-order valence-corrected chi connectivity index (χ3v) is 7.52. The fourth-order valence-electron chi connectivity index (χ4n) is 4.28. The van der Waals surface area contributed by atoms with Gasteiger partial charge >= 0.3 is 0 Å². The Bertz CT molecular complexity index is 1110. The van der Waals surface area contributed by atoms with Gasteiger partial charge in [-0.3, -0.25) is 4.79 Å². The quantitative estimate of drug-likeness (QED) is 0.577. The van der Waals surface area contributed by atoms with Crippen LogP contribution in [0, 0.1) is 19.8 Å². The van der Waals surface area contributed by atoms with Crippen molar-refractivity contribution in [3.63, 3.8) is 0 Å². The fourth-order valence-corrected chi connectivity index (χ4v) is 5.94. The first-order chi connectivity index (χ1) is 15.0. The number of hydrogen-bond donors (Lipinski definition) is 1. The number of morpholine rings is 1. The molecule has 10 heteroatoms. The maximum atomic E-state index is 14.8. The number of rotatable bonds is 4. The Balaban J connectivity index is 1.33. The van der Waals surface area contributed by atoms with Crippen LogP contribution in [0.15, 0.2) is 17.5 Å². The molecule has 0 saturated carbocycles. The van der Waals surface area contributed by atoms with Crippen molar-refractivity contribution in [2.24, 2.45) is 0 Å². The number of halogens is 1. The van der Waals surface area contributed by atoms with Gasteiger partial charge in [-0.05, 0) is 45.2 Å². The summed E-state index contributed by atoms with van der Waals surface area (Å²) < 4.78 is 20.4. The first kappa shape index (κ1) is 20.5. The molecule has 5 heterocycles. The molecule has 2 aliphatic heterocycles. The van der Waals surface area contributed by atoms with Gasteiger partial charge in [-0.15, -0.1) is 22.7 Å². The summed E-state index contributed by atoms with van der Waals surface area (Å²) in [6, 6.07) is 3.16. The summed E-state index contributed by atoms with van der Waals surface area (Å²) in [5.74, 6) is -0.762. The van der Waals surface area contributed by atoms with E-state index in [0.29, 0.717) is 24.2 Å². The number of piperidine rings is 1. The van der Waals surface area contributed by atoms with Crippen LogP contribution in [0.4, 0.5) is 15.3 Å². The monoisotopic (exact) mass is 459 g/mol. The summed E-state index contributed by atoms with van der Waals surface area (Å²) in [4.78, 5) is 28.9. The number of pyridine rings is 1. The van der Waals surface area contributed by atoms with Gasteiger partial charge in [-0.25, -0.2) is 15.0 Å². The highest BCUT2D eigenvalue weighted by Gasteiger charge is 2.39. The van der Waals surface area contributed by atoms with E-state index in [4.69, 9.17) is 4.74 Å². The number of hydrogen-bond acceptors (Lipinski definition) is 8. The molecule has 5 rings (SSSR count). The molecule has 0 unspecified atom stereocenters. The zero-order valence-corrected chi connectivity index (χ0v) is 18.9. The average Bonchev–Trinajstić information content (AvgIpc) is 3.32. The van der Waals surface area contributed by atoms with Crippen LogP contribution in [0.5, 0.6) is 0 Å². The summed E-state index contributed by atoms with van der Waals surface area (Å²) in [6.07, 6.45) is 2.85. The molecule has 2 saturated heterocycles. The molecule has 1 amide bonds. The van der Waals surface area contributed by atoms with E-state index in [9.17, 15) is 9.18 Å². The van der Waals surface area contributed by atoms with Crippen LogP contribution in [0.25, 0.3) is 10.6 Å². The molecular formula is C21H22FN5O2S2. The van der Waals surface area contributed by atoms with Crippen LogP contribution < -0.4 is 5.32 Å². The van der Waals surface area contributed by atoms with Gasteiger partial charge in [0.15, 0.2) is 5.13 Å². The molecule has 2 aliphatic rings. The van der Waals surface area contributed by atoms with Crippen molar-refractivity contribution in [1.29, 1.82) is 0 Å². The predicted octanol–water partition coefficient (Wildman–Crippen LogP) is 4.55. The Morgan fingerprint density at radius 2 is 1.97 bits per heavy atom. The van der Waals surface area contributed by atoms with E-state index >= 15 is 0 Å². The fraction of sp³-hybridized carbons (Fsp3) is 0.429. The molecule has 7 nitrogen and oxygen atoms in total. The Labute approximate surface area is 187 Å². The Morgan fingerprint density at radius 1 is 1.19 bits per heavy atom. The average molecular weight is 460 g/mol. The lowest BCUT2D eigenvalue weighted by atomic mass is 9.93. The van der Waals surface area contributed by atoms with Crippen molar-refractivity contribution in [1.82, 2.24) is 19.9 Å². The van der Waals surface area contributed by atoms with E-state index in [-0.39, 0.29) is 23.6 Å². The van der Waals surface area contributed by atoms with Crippen LogP contribution in [0.3, 0.4) is 0 Å². The molecule has 0 aliphatic carbocycles. The maximum Gasteiger partial charge on any atom is 0.259 e. The molecule has 2 atom stereocenters. The number of nitrogens with zero attached hydrogens (tertiary/aromatic N) is 4. The van der Waals surface area contributed by atoms with Gasteiger partial charge in [0.25, 0.3) is 5.91 Å². The number of aryl methyl sites for hydroxylation is 2. The van der Waals surface area contributed by atoms with Crippen LogP contribution in [-0.2, 0) is 4.74 Å². The highest BCUT2D eigenvalue weighted by molar-refractivity contribution is 7.16. The van der Waals surface area contributed by atoms with Gasteiger partial charge in [-0.2, -0.15) is 4.39 Å². The standard InChI is InChI=1S/C21H22FN5O2S2/c1-11-18(31-12(2)23-11)16-10-30-21(24-16)26-17-7-6-15(19(22)25-17)20(28)27-13-4-3-5-14(27)9-29-8-13/h6-7,10,13-14H,3-5,8-9H2,1-2H3,(H,24,25,26)/t13-,14+. The van der Waals surface area contributed by atoms with Crippen LogP contribution in [0.1, 0.15) is 40.3 Å². The molecule has 2 fully saturated rings. The van der Waals surface area contributed by atoms with Crippen LogP contribution in [-0.4, -0.2) is 51.1 Å². The largest absolute Gasteiger partial charge is 0.377 e. The summed E-state index contributed by atoms with van der Waals surface area (Å²) in [5, 5.41) is 6.58. The topological polar surface area (TPSA) is 80.2 Å². The highest BCUT2D eigenvalue weighted by atomic mass is 32.1. The SMILES string of the molecule is Cc1nc(C)c(-c2csc(Nc3ccc(C(=O)N4[C@@H]5CCC[C@H]4COC5)c(F)n3)n2)s1. The second-order valence-corrected chi connectivity index (χ2v) is 9.89. The zero-order valence-electron chi connectivity index (χ0n) is 17.2. The van der Waals surface area contributed by atoms with Crippen molar-refractivity contribution in [3.05, 3.63) is 39.7 Å². The Hall–Kier alpha value is -2.43. The van der Waals surface area contributed by atoms with Gasteiger partial charge in [0, 0.05) is 5.38 Å². The van der Waals surface area contributed by atoms with Crippen molar-refractivity contribution < 1.29 is 13.9 Å². The zero-order chi connectivity index (χ0) is 21.5. The Morgan fingerprint density at radius 3 is 2.65 bits per heavy atom. The normalized spacial score (nSPS) is 20.7. The summed E-state index contributed by atoms with van der Waals surface area (Å²) in [5.41, 5.74) is 1.78. The number of aromatic nitrogens is 3. The van der Waals surface area contributed by atoms with E-state index in [1.165, 1.54) is 17.4 Å². The first-order valence-electron chi connectivity index (χ1n) is 10.2. The number of nitrogens with one attached hydrogen (secondary N) is 1. The minimum atomic E-state index is -0.773. The Kier molecular flexibility index (Phi) is 5.45. The molecule has 31 heavy (non-hydrogen) atoms. The van der Waals surface area contributed by atoms with Gasteiger partial charge in [0.1, 0.15) is 5.82 Å². The smallest absolute Gasteiger partial charge is 0.259 e. The molecular weight excluding hydrogens is 437 g/mol. The molecule has 0 spiro atoms. The number of carbonyl (C=O) groups excluding carboxylic acids is 1. The van der Waals surface area contributed by atoms with E-state index in [0.717, 1.165) is 40.5 Å². The van der Waals surface area contributed by atoms with Gasteiger partial charge in [0.2, 0.25) is 5.95 Å². The number of amides is 1. The van der Waals surface area contributed by atoms with Gasteiger partial charge < -0.3 is 15.0 Å². The van der Waals surface area contributed by atoms with Crippen molar-refractivity contribution in [3.8, 4) is 10.6 Å². The van der Waals surface area contributed by atoms with Gasteiger partial charge in [0.05, 0.1) is 52.1 Å². The predicted molar refractivity (Wildman–Crippen MR) is 119 cm³/mol. The minimum Gasteiger partial charge on any atom is -0.377 e. The van der Waals surface area contributed by atoms with E-state index in [2.05, 4.69) is 20.3 Å². The molecule has 3 aromatic heterocycles. The van der Waals surface area contributed by atoms with E-state index < -0.39 is 5.95 Å². The van der Waals surface area contributed by atoms with Gasteiger partial charge in [-0.1, -0.05) is 0 Å². The molecule has 3 aromatic rings. The molecule has 0 radical (unpaired) electrons. The second-order valence-electron chi connectivity index (χ2n) is 7.83.